The second kappa shape index (κ2) is 13.6. The number of rotatable bonds is 6. The fraction of sp³-hybridized carbons (Fsp3) is 0. The first kappa shape index (κ1) is 33.2. The van der Waals surface area contributed by atoms with E-state index in [9.17, 15) is 5.26 Å². The summed E-state index contributed by atoms with van der Waals surface area (Å²) < 4.78 is 4.50. The molecule has 6 nitrogen and oxygen atoms in total. The van der Waals surface area contributed by atoms with E-state index in [1.54, 1.807) is 0 Å². The van der Waals surface area contributed by atoms with E-state index in [-0.39, 0.29) is 0 Å². The first-order valence-corrected chi connectivity index (χ1v) is 19.3. The molecule has 0 amide bonds. The van der Waals surface area contributed by atoms with Crippen molar-refractivity contribution >= 4 is 43.6 Å². The lowest BCUT2D eigenvalue weighted by Gasteiger charge is -2.12. The van der Waals surface area contributed by atoms with Crippen LogP contribution in [0.15, 0.2) is 194 Å². The van der Waals surface area contributed by atoms with Gasteiger partial charge in [-0.25, -0.2) is 4.98 Å². The number of nitriles is 1. The molecule has 270 valence electrons. The van der Waals surface area contributed by atoms with E-state index in [0.717, 1.165) is 60.9 Å². The van der Waals surface area contributed by atoms with Crippen molar-refractivity contribution in [2.75, 3.05) is 0 Å². The molecule has 0 N–H and O–H groups in total. The van der Waals surface area contributed by atoms with E-state index < -0.39 is 0 Å². The van der Waals surface area contributed by atoms with E-state index >= 15 is 0 Å². The maximum Gasteiger partial charge on any atom is 0.238 e. The van der Waals surface area contributed by atoms with Crippen LogP contribution < -0.4 is 0 Å². The highest BCUT2D eigenvalue weighted by molar-refractivity contribution is 6.11. The van der Waals surface area contributed by atoms with Crippen LogP contribution in [0.5, 0.6) is 0 Å². The van der Waals surface area contributed by atoms with Crippen molar-refractivity contribution in [3.63, 3.8) is 0 Å². The average Bonchev–Trinajstić information content (AvgIpc) is 3.82. The minimum atomic E-state index is 0.545. The highest BCUT2D eigenvalue weighted by Crippen LogP contribution is 2.37. The van der Waals surface area contributed by atoms with Gasteiger partial charge in [0.2, 0.25) is 5.95 Å². The molecule has 3 heterocycles. The summed E-state index contributed by atoms with van der Waals surface area (Å²) in [6.07, 6.45) is 0. The first-order valence-electron chi connectivity index (χ1n) is 19.3. The number of aromatic nitrogens is 5. The van der Waals surface area contributed by atoms with Gasteiger partial charge in [-0.3, -0.25) is 4.57 Å². The first-order chi connectivity index (χ1) is 28.7. The van der Waals surface area contributed by atoms with Crippen molar-refractivity contribution in [3.05, 3.63) is 200 Å². The number of fused-ring (bicyclic) bond motifs is 6. The van der Waals surface area contributed by atoms with Crippen molar-refractivity contribution < 1.29 is 0 Å². The van der Waals surface area contributed by atoms with Gasteiger partial charge in [0, 0.05) is 38.4 Å². The van der Waals surface area contributed by atoms with Crippen molar-refractivity contribution in [3.8, 4) is 62.7 Å². The zero-order valence-electron chi connectivity index (χ0n) is 31.2. The Kier molecular flexibility index (Phi) is 7.76. The lowest BCUT2D eigenvalue weighted by atomic mass is 10.0. The van der Waals surface area contributed by atoms with Gasteiger partial charge in [-0.1, -0.05) is 140 Å². The number of hydrogen-bond acceptors (Lipinski definition) is 4. The summed E-state index contributed by atoms with van der Waals surface area (Å²) in [4.78, 5) is 15.3. The fourth-order valence-corrected chi connectivity index (χ4v) is 8.26. The molecule has 11 aromatic rings. The summed E-state index contributed by atoms with van der Waals surface area (Å²) in [5, 5.41) is 14.2. The van der Waals surface area contributed by atoms with Crippen LogP contribution in [0.25, 0.3) is 100 Å². The molecular formula is C52H32N6. The van der Waals surface area contributed by atoms with Crippen LogP contribution in [0.1, 0.15) is 5.56 Å². The van der Waals surface area contributed by atoms with Crippen LogP contribution in [0.3, 0.4) is 0 Å². The molecule has 0 saturated heterocycles. The smallest absolute Gasteiger partial charge is 0.238 e. The van der Waals surface area contributed by atoms with Gasteiger partial charge in [0.05, 0.1) is 33.7 Å². The predicted molar refractivity (Wildman–Crippen MR) is 235 cm³/mol. The standard InChI is InChI=1S/C52H32N6/c53-33-34-11-10-14-39(31-34)35-21-23-38(24-22-35)51-54-50(37-12-2-1-3-13-37)55-52(56-51)58-48-20-9-6-17-44(48)45-32-40(27-30-49(45)58)36-25-28-41(29-26-36)57-46-18-7-4-15-42(46)43-16-5-8-19-47(43)57/h1-32H. The van der Waals surface area contributed by atoms with E-state index in [4.69, 9.17) is 15.0 Å². The Hall–Kier alpha value is -8.14. The average molecular weight is 741 g/mol. The molecule has 0 spiro atoms. The van der Waals surface area contributed by atoms with Gasteiger partial charge in [0.15, 0.2) is 11.6 Å². The van der Waals surface area contributed by atoms with E-state index in [1.165, 1.54) is 21.8 Å². The Morgan fingerprint density at radius 1 is 0.345 bits per heavy atom. The fourth-order valence-electron chi connectivity index (χ4n) is 8.26. The molecule has 0 atom stereocenters. The summed E-state index contributed by atoms with van der Waals surface area (Å²) in [6, 6.07) is 69.3. The molecule has 0 bridgehead atoms. The second-order valence-electron chi connectivity index (χ2n) is 14.4. The summed E-state index contributed by atoms with van der Waals surface area (Å²) in [6.45, 7) is 0. The number of nitrogens with zero attached hydrogens (tertiary/aromatic N) is 6. The Bertz CT molecular complexity index is 3340. The lowest BCUT2D eigenvalue weighted by Crippen LogP contribution is -2.06. The predicted octanol–water partition coefficient (Wildman–Crippen LogP) is 12.6. The molecular weight excluding hydrogens is 709 g/mol. The highest BCUT2D eigenvalue weighted by atomic mass is 15.2. The molecule has 6 heteroatoms. The van der Waals surface area contributed by atoms with Crippen LogP contribution in [-0.4, -0.2) is 24.1 Å². The molecule has 0 fully saturated rings. The third-order valence-electron chi connectivity index (χ3n) is 11.0. The third-order valence-corrected chi connectivity index (χ3v) is 11.0. The highest BCUT2D eigenvalue weighted by Gasteiger charge is 2.19. The minimum Gasteiger partial charge on any atom is -0.309 e. The Labute approximate surface area is 334 Å². The Balaban J connectivity index is 1.02. The normalized spacial score (nSPS) is 11.4. The van der Waals surface area contributed by atoms with Gasteiger partial charge < -0.3 is 4.57 Å². The third kappa shape index (κ3) is 5.53. The van der Waals surface area contributed by atoms with Crippen LogP contribution >= 0.6 is 0 Å². The lowest BCUT2D eigenvalue weighted by molar-refractivity contribution is 0.953. The summed E-state index contributed by atoms with van der Waals surface area (Å²) in [7, 11) is 0. The monoisotopic (exact) mass is 740 g/mol. The van der Waals surface area contributed by atoms with Gasteiger partial charge in [-0.05, 0) is 76.9 Å². The molecule has 0 aliphatic carbocycles. The van der Waals surface area contributed by atoms with Gasteiger partial charge in [0.1, 0.15) is 0 Å². The molecule has 0 aliphatic rings. The van der Waals surface area contributed by atoms with Gasteiger partial charge >= 0.3 is 0 Å². The van der Waals surface area contributed by atoms with E-state index in [0.29, 0.717) is 23.2 Å². The quantitative estimate of drug-likeness (QED) is 0.170. The van der Waals surface area contributed by atoms with E-state index in [1.807, 2.05) is 66.7 Å². The summed E-state index contributed by atoms with van der Waals surface area (Å²) in [5.41, 5.74) is 12.2. The Morgan fingerprint density at radius 3 is 1.45 bits per heavy atom. The SMILES string of the molecule is N#Cc1cccc(-c2ccc(-c3nc(-c4ccccc4)nc(-n4c5ccccc5c5cc(-c6ccc(-n7c8ccccc8c8ccccc87)cc6)ccc54)n3)cc2)c1. The van der Waals surface area contributed by atoms with Crippen LogP contribution in [0, 0.1) is 11.3 Å². The largest absolute Gasteiger partial charge is 0.309 e. The molecule has 0 aliphatic heterocycles. The minimum absolute atomic E-state index is 0.545. The topological polar surface area (TPSA) is 72.3 Å². The number of para-hydroxylation sites is 3. The van der Waals surface area contributed by atoms with Gasteiger partial charge in [-0.15, -0.1) is 0 Å². The second-order valence-corrected chi connectivity index (χ2v) is 14.4. The maximum absolute atomic E-state index is 9.44. The molecule has 3 aromatic heterocycles. The van der Waals surface area contributed by atoms with Crippen molar-refractivity contribution in [2.24, 2.45) is 0 Å². The zero-order chi connectivity index (χ0) is 38.6. The van der Waals surface area contributed by atoms with Gasteiger partial charge in [0.25, 0.3) is 0 Å². The molecule has 11 rings (SSSR count). The summed E-state index contributed by atoms with van der Waals surface area (Å²) in [5.74, 6) is 1.72. The van der Waals surface area contributed by atoms with Crippen molar-refractivity contribution in [1.29, 1.82) is 5.26 Å². The van der Waals surface area contributed by atoms with Crippen molar-refractivity contribution in [2.45, 2.75) is 0 Å². The van der Waals surface area contributed by atoms with E-state index in [2.05, 4.69) is 143 Å². The van der Waals surface area contributed by atoms with Gasteiger partial charge in [-0.2, -0.15) is 15.2 Å². The van der Waals surface area contributed by atoms with Crippen LogP contribution in [0.2, 0.25) is 0 Å². The number of benzene rings is 8. The molecule has 8 aromatic carbocycles. The number of hydrogen-bond donors (Lipinski definition) is 0. The molecule has 0 radical (unpaired) electrons. The molecule has 0 unspecified atom stereocenters. The molecule has 58 heavy (non-hydrogen) atoms. The maximum atomic E-state index is 9.44. The molecule has 0 saturated carbocycles. The summed E-state index contributed by atoms with van der Waals surface area (Å²) >= 11 is 0. The van der Waals surface area contributed by atoms with Crippen LogP contribution in [0.4, 0.5) is 0 Å². The van der Waals surface area contributed by atoms with Crippen molar-refractivity contribution in [1.82, 2.24) is 24.1 Å². The van der Waals surface area contributed by atoms with Crippen LogP contribution in [-0.2, 0) is 0 Å². The Morgan fingerprint density at radius 2 is 0.810 bits per heavy atom. The zero-order valence-corrected chi connectivity index (χ0v) is 31.2.